The molecule has 0 aliphatic heterocycles. The summed E-state index contributed by atoms with van der Waals surface area (Å²) in [6, 6.07) is 0. The first-order chi connectivity index (χ1) is 15.0. The highest BCUT2D eigenvalue weighted by atomic mass is 16.7. The van der Waals surface area contributed by atoms with Gasteiger partial charge in [-0.2, -0.15) is 0 Å². The number of aliphatic hydroxyl groups is 2. The summed E-state index contributed by atoms with van der Waals surface area (Å²) >= 11 is 0. The lowest BCUT2D eigenvalue weighted by Gasteiger charge is -2.61. The fourth-order valence-corrected chi connectivity index (χ4v) is 9.39. The average Bonchev–Trinajstić information content (AvgIpc) is 3.10. The van der Waals surface area contributed by atoms with Gasteiger partial charge in [0.1, 0.15) is 0 Å². The molecular formula is C27H46O4. The second kappa shape index (κ2) is 8.56. The Morgan fingerprint density at radius 2 is 1.68 bits per heavy atom. The van der Waals surface area contributed by atoms with Crippen LogP contribution in [0.3, 0.4) is 0 Å². The van der Waals surface area contributed by atoms with E-state index in [1.54, 1.807) is 0 Å². The summed E-state index contributed by atoms with van der Waals surface area (Å²) in [5, 5.41) is 20.9. The maximum absolute atomic E-state index is 10.6. The first-order valence-corrected chi connectivity index (χ1v) is 13.6. The molecule has 4 heteroatoms. The quantitative estimate of drug-likeness (QED) is 0.565. The third-order valence-corrected chi connectivity index (χ3v) is 10.9. The summed E-state index contributed by atoms with van der Waals surface area (Å²) in [4.78, 5) is 0. The van der Waals surface area contributed by atoms with Crippen molar-refractivity contribution in [2.75, 3.05) is 13.2 Å². The Morgan fingerprint density at radius 3 is 2.42 bits per heavy atom. The van der Waals surface area contributed by atoms with Crippen molar-refractivity contribution in [3.05, 3.63) is 0 Å². The molecule has 4 nitrogen and oxygen atoms in total. The Morgan fingerprint density at radius 1 is 0.871 bits per heavy atom. The van der Waals surface area contributed by atoms with E-state index in [0.29, 0.717) is 24.5 Å². The van der Waals surface area contributed by atoms with E-state index >= 15 is 0 Å². The summed E-state index contributed by atoms with van der Waals surface area (Å²) in [5.74, 6) is 2.26. The van der Waals surface area contributed by atoms with Crippen LogP contribution in [0.25, 0.3) is 0 Å². The van der Waals surface area contributed by atoms with E-state index in [9.17, 15) is 10.2 Å². The van der Waals surface area contributed by atoms with Gasteiger partial charge in [-0.1, -0.05) is 13.3 Å². The van der Waals surface area contributed by atoms with Gasteiger partial charge in [0.2, 0.25) is 0 Å². The number of hydrogen-bond donors (Lipinski definition) is 2. The third-order valence-electron chi connectivity index (χ3n) is 10.9. The molecule has 178 valence electrons. The van der Waals surface area contributed by atoms with E-state index in [0.717, 1.165) is 50.5 Å². The van der Waals surface area contributed by atoms with Crippen molar-refractivity contribution in [3.8, 4) is 0 Å². The van der Waals surface area contributed by atoms with Crippen LogP contribution in [0.15, 0.2) is 0 Å². The van der Waals surface area contributed by atoms with Gasteiger partial charge in [0.05, 0.1) is 12.2 Å². The van der Waals surface area contributed by atoms with Gasteiger partial charge in [-0.3, -0.25) is 0 Å². The molecule has 0 heterocycles. The third kappa shape index (κ3) is 3.63. The van der Waals surface area contributed by atoms with E-state index in [2.05, 4.69) is 13.8 Å². The maximum atomic E-state index is 10.6. The molecule has 0 aromatic heterocycles. The topological polar surface area (TPSA) is 58.9 Å². The van der Waals surface area contributed by atoms with E-state index < -0.39 is 0 Å². The van der Waals surface area contributed by atoms with Gasteiger partial charge >= 0.3 is 0 Å². The van der Waals surface area contributed by atoms with Crippen LogP contribution in [0.1, 0.15) is 104 Å². The molecule has 0 radical (unpaired) electrons. The highest BCUT2D eigenvalue weighted by Gasteiger charge is 2.62. The zero-order valence-electron chi connectivity index (χ0n) is 20.0. The lowest BCUT2D eigenvalue weighted by Crippen LogP contribution is -2.57. The molecular weight excluding hydrogens is 388 g/mol. The second-order valence-corrected chi connectivity index (χ2v) is 12.1. The molecule has 5 rings (SSSR count). The lowest BCUT2D eigenvalue weighted by molar-refractivity contribution is -0.290. The molecule has 5 aliphatic carbocycles. The normalized spacial score (nSPS) is 49.2. The Balaban J connectivity index is 1.36. The molecule has 5 saturated carbocycles. The van der Waals surface area contributed by atoms with Gasteiger partial charge in [-0.05, 0) is 112 Å². The Bertz CT molecular complexity index is 625. The van der Waals surface area contributed by atoms with Crippen molar-refractivity contribution < 1.29 is 19.7 Å². The van der Waals surface area contributed by atoms with Crippen molar-refractivity contribution in [1.82, 2.24) is 0 Å². The lowest BCUT2D eigenvalue weighted by atomic mass is 9.44. The molecule has 0 spiro atoms. The molecule has 0 aromatic rings. The second-order valence-electron chi connectivity index (χ2n) is 12.1. The molecule has 0 aromatic carbocycles. The summed E-state index contributed by atoms with van der Waals surface area (Å²) < 4.78 is 13.3. The van der Waals surface area contributed by atoms with Gasteiger partial charge in [0.25, 0.3) is 0 Å². The van der Waals surface area contributed by atoms with Crippen LogP contribution in [-0.2, 0) is 9.47 Å². The van der Waals surface area contributed by atoms with Gasteiger partial charge in [-0.15, -0.1) is 0 Å². The standard InChI is InChI=1S/C27H46O4/c1-3-30-27(13-5-4-6-14-27)31-24-10-9-22-21-8-7-19-17-20(29)11-16-26(19,18-28)23(21)12-15-25(22,24)2/h19-24,28-29H,3-18H2,1-2H3/t19-,20?,21-,22-,23-,24-,25-,26+/m0/s1. The van der Waals surface area contributed by atoms with Gasteiger partial charge < -0.3 is 19.7 Å². The number of hydrogen-bond acceptors (Lipinski definition) is 4. The minimum atomic E-state index is -0.337. The van der Waals surface area contributed by atoms with Crippen LogP contribution in [-0.4, -0.2) is 41.4 Å². The van der Waals surface area contributed by atoms with Crippen molar-refractivity contribution in [2.24, 2.45) is 34.5 Å². The van der Waals surface area contributed by atoms with Gasteiger partial charge in [-0.25, -0.2) is 0 Å². The number of ether oxygens (including phenoxy) is 2. The average molecular weight is 435 g/mol. The fourth-order valence-electron chi connectivity index (χ4n) is 9.39. The Hall–Kier alpha value is -0.160. The SMILES string of the molecule is CCOC1(O[C@H]2CC[C@H]3[C@@H]4CC[C@H]5CC(O)CC[C@]5(CO)[C@H]4CC[C@]23C)CCCCC1. The van der Waals surface area contributed by atoms with Crippen LogP contribution < -0.4 is 0 Å². The van der Waals surface area contributed by atoms with Gasteiger partial charge in [0, 0.05) is 26.1 Å². The molecule has 8 atom stereocenters. The summed E-state index contributed by atoms with van der Waals surface area (Å²) in [5.41, 5.74) is 0.318. The molecule has 1 unspecified atom stereocenters. The van der Waals surface area contributed by atoms with E-state index in [1.165, 1.54) is 57.8 Å². The zero-order valence-corrected chi connectivity index (χ0v) is 20.0. The largest absolute Gasteiger partial charge is 0.396 e. The monoisotopic (exact) mass is 434 g/mol. The minimum Gasteiger partial charge on any atom is -0.396 e. The van der Waals surface area contributed by atoms with Crippen LogP contribution in [0.2, 0.25) is 0 Å². The minimum absolute atomic E-state index is 0.0678. The van der Waals surface area contributed by atoms with Crippen LogP contribution in [0.5, 0.6) is 0 Å². The first-order valence-electron chi connectivity index (χ1n) is 13.6. The number of rotatable bonds is 5. The van der Waals surface area contributed by atoms with E-state index in [1.807, 2.05) is 0 Å². The number of fused-ring (bicyclic) bond motifs is 5. The predicted molar refractivity (Wildman–Crippen MR) is 121 cm³/mol. The summed E-state index contributed by atoms with van der Waals surface area (Å²) in [7, 11) is 0. The fraction of sp³-hybridized carbons (Fsp3) is 1.00. The van der Waals surface area contributed by atoms with E-state index in [-0.39, 0.29) is 22.7 Å². The van der Waals surface area contributed by atoms with E-state index in [4.69, 9.17) is 9.47 Å². The highest BCUT2D eigenvalue weighted by molar-refractivity contribution is 5.11. The van der Waals surface area contributed by atoms with Crippen LogP contribution in [0, 0.1) is 34.5 Å². The molecule has 2 N–H and O–H groups in total. The highest BCUT2D eigenvalue weighted by Crippen LogP contribution is 2.67. The molecule has 0 saturated heterocycles. The summed E-state index contributed by atoms with van der Waals surface area (Å²) in [6.45, 7) is 5.69. The Labute approximate surface area is 189 Å². The van der Waals surface area contributed by atoms with Crippen molar-refractivity contribution >= 4 is 0 Å². The molecule has 5 fully saturated rings. The smallest absolute Gasteiger partial charge is 0.168 e. The predicted octanol–water partition coefficient (Wildman–Crippen LogP) is 5.44. The number of aliphatic hydroxyl groups excluding tert-OH is 2. The molecule has 0 amide bonds. The molecule has 0 bridgehead atoms. The van der Waals surface area contributed by atoms with Crippen molar-refractivity contribution in [2.45, 2.75) is 122 Å². The van der Waals surface area contributed by atoms with Crippen molar-refractivity contribution in [1.29, 1.82) is 0 Å². The summed E-state index contributed by atoms with van der Waals surface area (Å²) in [6.07, 6.45) is 16.2. The molecule has 31 heavy (non-hydrogen) atoms. The zero-order chi connectivity index (χ0) is 21.7. The van der Waals surface area contributed by atoms with Gasteiger partial charge in [0.15, 0.2) is 5.79 Å². The molecule has 5 aliphatic rings. The maximum Gasteiger partial charge on any atom is 0.168 e. The first kappa shape index (κ1) is 22.6. The van der Waals surface area contributed by atoms with Crippen LogP contribution in [0.4, 0.5) is 0 Å². The Kier molecular flexibility index (Phi) is 6.25. The van der Waals surface area contributed by atoms with Crippen LogP contribution >= 0.6 is 0 Å². The van der Waals surface area contributed by atoms with Crippen molar-refractivity contribution in [3.63, 3.8) is 0 Å².